The number of halogens is 1. The van der Waals surface area contributed by atoms with Crippen LogP contribution in [0.5, 0.6) is 0 Å². The number of aromatic nitrogens is 2. The first kappa shape index (κ1) is 16.7. The Bertz CT molecular complexity index is 695. The Morgan fingerprint density at radius 3 is 3.00 bits per heavy atom. The number of nitrogens with zero attached hydrogens (tertiary/aromatic N) is 1. The van der Waals surface area contributed by atoms with Crippen LogP contribution in [0.3, 0.4) is 0 Å². The van der Waals surface area contributed by atoms with E-state index in [2.05, 4.69) is 20.9 Å². The van der Waals surface area contributed by atoms with Crippen molar-refractivity contribution in [1.82, 2.24) is 9.55 Å². The van der Waals surface area contributed by atoms with Crippen molar-refractivity contribution in [2.24, 2.45) is 0 Å². The van der Waals surface area contributed by atoms with E-state index in [-0.39, 0.29) is 18.6 Å². The fraction of sp³-hybridized carbons (Fsp3) is 0.462. The van der Waals surface area contributed by atoms with Gasteiger partial charge in [0.15, 0.2) is 0 Å². The number of hydrogen-bond acceptors (Lipinski definition) is 6. The van der Waals surface area contributed by atoms with Gasteiger partial charge in [-0.15, -0.1) is 0 Å². The van der Waals surface area contributed by atoms with E-state index in [0.29, 0.717) is 0 Å². The molecule has 0 radical (unpaired) electrons. The maximum Gasteiger partial charge on any atom is 0.330 e. The summed E-state index contributed by atoms with van der Waals surface area (Å²) in [6.45, 7) is 1.16. The summed E-state index contributed by atoms with van der Waals surface area (Å²) >= 11 is 3.06. The highest BCUT2D eigenvalue weighted by molar-refractivity contribution is 9.11. The zero-order chi connectivity index (χ0) is 16.3. The highest BCUT2D eigenvalue weighted by Gasteiger charge is 2.36. The van der Waals surface area contributed by atoms with E-state index in [1.807, 2.05) is 0 Å². The minimum Gasteiger partial charge on any atom is -0.463 e. The average molecular weight is 375 g/mol. The molecule has 0 saturated carbocycles. The van der Waals surface area contributed by atoms with Crippen molar-refractivity contribution in [2.45, 2.75) is 31.8 Å². The summed E-state index contributed by atoms with van der Waals surface area (Å²) < 4.78 is 11.5. The van der Waals surface area contributed by atoms with Crippen molar-refractivity contribution in [3.63, 3.8) is 0 Å². The van der Waals surface area contributed by atoms with E-state index >= 15 is 0 Å². The summed E-state index contributed by atoms with van der Waals surface area (Å²) in [4.78, 5) is 38.0. The van der Waals surface area contributed by atoms with Gasteiger partial charge in [0.1, 0.15) is 18.9 Å². The third kappa shape index (κ3) is 3.73. The molecule has 1 aromatic heterocycles. The number of carbonyl (C=O) groups is 1. The number of H-pyrrole nitrogens is 1. The third-order valence-electron chi connectivity index (χ3n) is 3.20. The zero-order valence-electron chi connectivity index (χ0n) is 11.7. The summed E-state index contributed by atoms with van der Waals surface area (Å²) in [5, 5.41) is 9.93. The van der Waals surface area contributed by atoms with Crippen LogP contribution >= 0.6 is 15.9 Å². The van der Waals surface area contributed by atoms with Crippen molar-refractivity contribution in [3.05, 3.63) is 37.6 Å². The molecule has 2 rings (SSSR count). The lowest BCUT2D eigenvalue weighted by molar-refractivity contribution is -0.147. The first-order valence-electron chi connectivity index (χ1n) is 6.51. The van der Waals surface area contributed by atoms with E-state index < -0.39 is 35.7 Å². The first-order valence-corrected chi connectivity index (χ1v) is 7.43. The number of aliphatic hydroxyl groups excluding tert-OH is 1. The number of aromatic amines is 1. The average Bonchev–Trinajstić information content (AvgIpc) is 2.80. The fourth-order valence-corrected chi connectivity index (χ4v) is 2.42. The van der Waals surface area contributed by atoms with Gasteiger partial charge in [-0.05, 0) is 11.1 Å². The number of esters is 1. The second kappa shape index (κ2) is 7.03. The molecule has 2 N–H and O–H groups in total. The Morgan fingerprint density at radius 2 is 2.36 bits per heavy atom. The van der Waals surface area contributed by atoms with Gasteiger partial charge in [-0.1, -0.05) is 15.9 Å². The zero-order valence-corrected chi connectivity index (χ0v) is 13.3. The van der Waals surface area contributed by atoms with Gasteiger partial charge in [0.05, 0.1) is 11.7 Å². The lowest BCUT2D eigenvalue weighted by Crippen LogP contribution is -2.33. The van der Waals surface area contributed by atoms with Gasteiger partial charge >= 0.3 is 11.7 Å². The summed E-state index contributed by atoms with van der Waals surface area (Å²) in [6.07, 6.45) is 0.639. The molecule has 0 spiro atoms. The molecule has 0 bridgehead atoms. The van der Waals surface area contributed by atoms with E-state index in [1.54, 1.807) is 0 Å². The molecule has 1 fully saturated rings. The summed E-state index contributed by atoms with van der Waals surface area (Å²) in [7, 11) is 0. The lowest BCUT2D eigenvalue weighted by atomic mass is 10.2. The molecular formula is C13H15BrN2O6. The second-order valence-corrected chi connectivity index (χ2v) is 5.31. The van der Waals surface area contributed by atoms with Crippen LogP contribution in [-0.2, 0) is 14.3 Å². The number of ether oxygens (including phenoxy) is 2. The van der Waals surface area contributed by atoms with Crippen LogP contribution in [0.15, 0.2) is 20.8 Å². The van der Waals surface area contributed by atoms with Crippen LogP contribution in [0.25, 0.3) is 6.08 Å². The van der Waals surface area contributed by atoms with E-state index in [0.717, 1.165) is 0 Å². The molecule has 1 aliphatic heterocycles. The quantitative estimate of drug-likeness (QED) is 0.723. The summed E-state index contributed by atoms with van der Waals surface area (Å²) in [5.41, 5.74) is -0.896. The number of hydrogen-bond donors (Lipinski definition) is 2. The van der Waals surface area contributed by atoms with Crippen molar-refractivity contribution in [3.8, 4) is 0 Å². The van der Waals surface area contributed by atoms with Gasteiger partial charge in [-0.25, -0.2) is 4.79 Å². The molecule has 2 heterocycles. The van der Waals surface area contributed by atoms with Crippen molar-refractivity contribution >= 4 is 28.0 Å². The Kier molecular flexibility index (Phi) is 5.33. The Balaban J connectivity index is 2.22. The number of rotatable bonds is 4. The molecule has 9 heteroatoms. The highest BCUT2D eigenvalue weighted by atomic mass is 79.9. The smallest absolute Gasteiger partial charge is 0.330 e. The second-order valence-electron chi connectivity index (χ2n) is 4.78. The van der Waals surface area contributed by atoms with Gasteiger partial charge in [-0.3, -0.25) is 19.1 Å². The van der Waals surface area contributed by atoms with Crippen molar-refractivity contribution in [2.75, 3.05) is 6.61 Å². The molecular weight excluding hydrogens is 360 g/mol. The number of aliphatic hydroxyl groups is 1. The molecule has 0 amide bonds. The Labute approximate surface area is 133 Å². The summed E-state index contributed by atoms with van der Waals surface area (Å²) in [5.74, 6) is -0.481. The maximum absolute atomic E-state index is 11.9. The van der Waals surface area contributed by atoms with Crippen LogP contribution in [0, 0.1) is 0 Å². The topological polar surface area (TPSA) is 111 Å². The normalized spacial score (nSPS) is 24.8. The van der Waals surface area contributed by atoms with Crippen LogP contribution in [0.2, 0.25) is 0 Å². The Morgan fingerprint density at radius 1 is 1.64 bits per heavy atom. The number of nitrogens with one attached hydrogen (secondary N) is 1. The third-order valence-corrected chi connectivity index (χ3v) is 3.47. The largest absolute Gasteiger partial charge is 0.463 e. The molecule has 0 aliphatic carbocycles. The standard InChI is InChI=1S/C13H15BrN2O6/c1-7(17)21-6-10-9(18)4-11(22-10)16-5-8(2-3-14)12(19)15-13(16)20/h2-3,5,9-11,18H,4,6H2,1H3,(H,15,19,20)/t9-,10+,11+/m0/s1. The molecule has 8 nitrogen and oxygen atoms in total. The SMILES string of the molecule is CC(=O)OC[C@H]1O[C@@H](n2cc(C=CBr)c(=O)[nH]c2=O)C[C@@H]1O. The lowest BCUT2D eigenvalue weighted by Gasteiger charge is -2.16. The highest BCUT2D eigenvalue weighted by Crippen LogP contribution is 2.27. The predicted molar refractivity (Wildman–Crippen MR) is 80.5 cm³/mol. The molecule has 1 aliphatic rings. The van der Waals surface area contributed by atoms with E-state index in [9.17, 15) is 19.5 Å². The number of carbonyl (C=O) groups excluding carboxylic acids is 1. The molecule has 0 unspecified atom stereocenters. The van der Waals surface area contributed by atoms with Crippen LogP contribution in [0.4, 0.5) is 0 Å². The predicted octanol–water partition coefficient (Wildman–Crippen LogP) is 0.114. The van der Waals surface area contributed by atoms with Crippen molar-refractivity contribution < 1.29 is 19.4 Å². The van der Waals surface area contributed by atoms with Gasteiger partial charge in [0.2, 0.25) is 0 Å². The first-order chi connectivity index (χ1) is 10.4. The minimum atomic E-state index is -0.877. The van der Waals surface area contributed by atoms with Gasteiger partial charge in [0.25, 0.3) is 5.56 Å². The molecule has 120 valence electrons. The molecule has 1 aromatic rings. The van der Waals surface area contributed by atoms with Gasteiger partial charge < -0.3 is 14.6 Å². The van der Waals surface area contributed by atoms with Crippen LogP contribution in [-0.4, -0.2) is 39.4 Å². The molecule has 22 heavy (non-hydrogen) atoms. The monoisotopic (exact) mass is 374 g/mol. The van der Waals surface area contributed by atoms with E-state index in [1.165, 1.54) is 28.7 Å². The van der Waals surface area contributed by atoms with Gasteiger partial charge in [0, 0.05) is 19.5 Å². The van der Waals surface area contributed by atoms with Crippen LogP contribution in [0.1, 0.15) is 25.1 Å². The molecule has 0 aromatic carbocycles. The van der Waals surface area contributed by atoms with E-state index in [4.69, 9.17) is 9.47 Å². The summed E-state index contributed by atoms with van der Waals surface area (Å²) in [6, 6.07) is 0. The molecule has 3 atom stereocenters. The molecule has 1 saturated heterocycles. The fourth-order valence-electron chi connectivity index (χ4n) is 2.14. The van der Waals surface area contributed by atoms with Crippen LogP contribution < -0.4 is 11.2 Å². The maximum atomic E-state index is 11.9. The Hall–Kier alpha value is -1.71. The van der Waals surface area contributed by atoms with Gasteiger partial charge in [-0.2, -0.15) is 0 Å². The van der Waals surface area contributed by atoms with Crippen molar-refractivity contribution in [1.29, 1.82) is 0 Å². The minimum absolute atomic E-state index is 0.0980.